The van der Waals surface area contributed by atoms with E-state index >= 15 is 0 Å². The molecule has 5 nitrogen and oxygen atoms in total. The molecular formula is C21H27N3O2. The van der Waals surface area contributed by atoms with Crippen molar-refractivity contribution in [1.82, 2.24) is 15.1 Å². The zero-order valence-corrected chi connectivity index (χ0v) is 15.1. The van der Waals surface area contributed by atoms with Crippen molar-refractivity contribution in [2.75, 3.05) is 6.54 Å². The third-order valence-corrected chi connectivity index (χ3v) is 5.66. The Bertz CT molecular complexity index is 733. The first-order valence-electron chi connectivity index (χ1n) is 9.81. The van der Waals surface area contributed by atoms with Gasteiger partial charge in [-0.1, -0.05) is 49.6 Å². The van der Waals surface area contributed by atoms with Gasteiger partial charge in [0.1, 0.15) is 5.69 Å². The number of benzene rings is 1. The molecule has 2 aliphatic carbocycles. The Balaban J connectivity index is 1.53. The number of H-pyrrole nitrogens is 1. The number of amides is 1. The second kappa shape index (κ2) is 7.62. The topological polar surface area (TPSA) is 69.2 Å². The third-order valence-electron chi connectivity index (χ3n) is 5.66. The van der Waals surface area contributed by atoms with Crippen LogP contribution in [0.2, 0.25) is 0 Å². The number of hydrogen-bond acceptors (Lipinski definition) is 3. The van der Waals surface area contributed by atoms with Crippen molar-refractivity contribution >= 4 is 5.91 Å². The standard InChI is InChI=1S/C21H27N3O2/c25-20(16-7-3-1-4-8-16)14-24(17-9-5-2-6-10-17)21(26)19-13-18(22-23-19)15-11-12-15/h1,3-4,7-8,13,15,17,20,25H,2,5-6,9-12,14H2,(H,22,23)/t20-/m1/s1. The fourth-order valence-electron chi connectivity index (χ4n) is 3.95. The summed E-state index contributed by atoms with van der Waals surface area (Å²) >= 11 is 0. The molecule has 1 amide bonds. The van der Waals surface area contributed by atoms with E-state index in [9.17, 15) is 9.90 Å². The smallest absolute Gasteiger partial charge is 0.274 e. The molecule has 2 N–H and O–H groups in total. The number of nitrogens with one attached hydrogen (secondary N) is 1. The number of carbonyl (C=O) groups is 1. The predicted octanol–water partition coefficient (Wildman–Crippen LogP) is 3.80. The van der Waals surface area contributed by atoms with Crippen molar-refractivity contribution in [3.05, 3.63) is 53.3 Å². The quantitative estimate of drug-likeness (QED) is 0.830. The molecule has 138 valence electrons. The van der Waals surface area contributed by atoms with Crippen LogP contribution < -0.4 is 0 Å². The molecule has 0 aliphatic heterocycles. The molecule has 2 aliphatic rings. The minimum absolute atomic E-state index is 0.0602. The van der Waals surface area contributed by atoms with E-state index in [-0.39, 0.29) is 11.9 Å². The second-order valence-electron chi connectivity index (χ2n) is 7.66. The first-order chi connectivity index (χ1) is 12.7. The molecule has 2 fully saturated rings. The van der Waals surface area contributed by atoms with E-state index in [1.807, 2.05) is 41.3 Å². The van der Waals surface area contributed by atoms with Gasteiger partial charge in [0, 0.05) is 17.7 Å². The van der Waals surface area contributed by atoms with Gasteiger partial charge in [-0.05, 0) is 37.3 Å². The molecular weight excluding hydrogens is 326 g/mol. The second-order valence-corrected chi connectivity index (χ2v) is 7.66. The molecule has 5 heteroatoms. The molecule has 0 bridgehead atoms. The van der Waals surface area contributed by atoms with Crippen LogP contribution >= 0.6 is 0 Å². The van der Waals surface area contributed by atoms with Gasteiger partial charge >= 0.3 is 0 Å². The SMILES string of the molecule is O=C(c1cc(C2CC2)[nH]n1)N(C[C@@H](O)c1ccccc1)C1CCCCC1. The summed E-state index contributed by atoms with van der Waals surface area (Å²) in [5, 5.41) is 18.0. The van der Waals surface area contributed by atoms with Crippen LogP contribution in [0.4, 0.5) is 0 Å². The van der Waals surface area contributed by atoms with Crippen LogP contribution in [-0.2, 0) is 0 Å². The van der Waals surface area contributed by atoms with Gasteiger partial charge < -0.3 is 10.0 Å². The number of rotatable bonds is 6. The van der Waals surface area contributed by atoms with Crippen LogP contribution in [0.3, 0.4) is 0 Å². The molecule has 1 atom stereocenters. The number of hydrogen-bond donors (Lipinski definition) is 2. The minimum Gasteiger partial charge on any atom is -0.387 e. The van der Waals surface area contributed by atoms with Gasteiger partial charge in [0.15, 0.2) is 0 Å². The third kappa shape index (κ3) is 3.83. The molecule has 0 saturated heterocycles. The van der Waals surface area contributed by atoms with Gasteiger partial charge in [0.05, 0.1) is 12.6 Å². The molecule has 2 aromatic rings. The lowest BCUT2D eigenvalue weighted by Crippen LogP contribution is -2.44. The van der Waals surface area contributed by atoms with Gasteiger partial charge in [-0.3, -0.25) is 9.89 Å². The normalized spacial score (nSPS) is 19.3. The Morgan fingerprint density at radius 2 is 1.88 bits per heavy atom. The van der Waals surface area contributed by atoms with Crippen LogP contribution in [0.1, 0.15) is 78.7 Å². The Kier molecular flexibility index (Phi) is 5.07. The van der Waals surface area contributed by atoms with E-state index in [4.69, 9.17) is 0 Å². The van der Waals surface area contributed by atoms with Crippen LogP contribution in [-0.4, -0.2) is 38.7 Å². The summed E-state index contributed by atoms with van der Waals surface area (Å²) in [5.74, 6) is 0.483. The molecule has 0 radical (unpaired) electrons. The number of aromatic amines is 1. The lowest BCUT2D eigenvalue weighted by molar-refractivity contribution is 0.0449. The Hall–Kier alpha value is -2.14. The Morgan fingerprint density at radius 1 is 1.15 bits per heavy atom. The van der Waals surface area contributed by atoms with Crippen molar-refractivity contribution in [3.63, 3.8) is 0 Å². The number of aliphatic hydroxyl groups is 1. The van der Waals surface area contributed by atoms with E-state index in [0.717, 1.165) is 36.9 Å². The molecule has 0 unspecified atom stereocenters. The summed E-state index contributed by atoms with van der Waals surface area (Å²) in [6.45, 7) is 0.319. The molecule has 2 saturated carbocycles. The maximum Gasteiger partial charge on any atom is 0.274 e. The zero-order chi connectivity index (χ0) is 17.9. The summed E-state index contributed by atoms with van der Waals surface area (Å²) in [5.41, 5.74) is 2.40. The maximum atomic E-state index is 13.2. The average Bonchev–Trinajstić information content (AvgIpc) is 3.43. The van der Waals surface area contributed by atoms with Crippen LogP contribution in [0.15, 0.2) is 36.4 Å². The zero-order valence-electron chi connectivity index (χ0n) is 15.1. The summed E-state index contributed by atoms with van der Waals surface area (Å²) < 4.78 is 0. The molecule has 4 rings (SSSR count). The van der Waals surface area contributed by atoms with Gasteiger partial charge in [0.2, 0.25) is 0 Å². The Morgan fingerprint density at radius 3 is 2.58 bits per heavy atom. The number of aliphatic hydroxyl groups excluding tert-OH is 1. The first kappa shape index (κ1) is 17.3. The van der Waals surface area contributed by atoms with Crippen LogP contribution in [0.25, 0.3) is 0 Å². The Labute approximate surface area is 154 Å². The average molecular weight is 353 g/mol. The number of nitrogens with zero attached hydrogens (tertiary/aromatic N) is 2. The van der Waals surface area contributed by atoms with Crippen molar-refractivity contribution in [2.45, 2.75) is 63.0 Å². The molecule has 0 spiro atoms. The fraction of sp³-hybridized carbons (Fsp3) is 0.524. The van der Waals surface area contributed by atoms with Gasteiger partial charge in [-0.2, -0.15) is 5.10 Å². The van der Waals surface area contributed by atoms with Crippen molar-refractivity contribution in [3.8, 4) is 0 Å². The molecule has 1 aromatic carbocycles. The van der Waals surface area contributed by atoms with E-state index in [0.29, 0.717) is 18.2 Å². The van der Waals surface area contributed by atoms with Gasteiger partial charge in [-0.25, -0.2) is 0 Å². The maximum absolute atomic E-state index is 13.2. The summed E-state index contributed by atoms with van der Waals surface area (Å²) in [4.78, 5) is 15.1. The molecule has 26 heavy (non-hydrogen) atoms. The van der Waals surface area contributed by atoms with E-state index in [2.05, 4.69) is 10.2 Å². The fourth-order valence-corrected chi connectivity index (χ4v) is 3.95. The first-order valence-corrected chi connectivity index (χ1v) is 9.81. The molecule has 1 aromatic heterocycles. The predicted molar refractivity (Wildman–Crippen MR) is 99.9 cm³/mol. The van der Waals surface area contributed by atoms with E-state index < -0.39 is 6.10 Å². The number of aromatic nitrogens is 2. The summed E-state index contributed by atoms with van der Waals surface area (Å²) in [6, 6.07) is 11.7. The molecule has 1 heterocycles. The van der Waals surface area contributed by atoms with E-state index in [1.54, 1.807) is 0 Å². The largest absolute Gasteiger partial charge is 0.387 e. The summed E-state index contributed by atoms with van der Waals surface area (Å²) in [7, 11) is 0. The summed E-state index contributed by atoms with van der Waals surface area (Å²) in [6.07, 6.45) is 7.20. The van der Waals surface area contributed by atoms with Gasteiger partial charge in [0.25, 0.3) is 5.91 Å². The van der Waals surface area contributed by atoms with Crippen molar-refractivity contribution in [2.24, 2.45) is 0 Å². The monoisotopic (exact) mass is 353 g/mol. The highest BCUT2D eigenvalue weighted by atomic mass is 16.3. The van der Waals surface area contributed by atoms with Crippen LogP contribution in [0, 0.1) is 0 Å². The highest BCUT2D eigenvalue weighted by Gasteiger charge is 2.31. The highest BCUT2D eigenvalue weighted by Crippen LogP contribution is 2.39. The lowest BCUT2D eigenvalue weighted by atomic mass is 9.93. The van der Waals surface area contributed by atoms with Crippen molar-refractivity contribution < 1.29 is 9.90 Å². The van der Waals surface area contributed by atoms with Crippen LogP contribution in [0.5, 0.6) is 0 Å². The minimum atomic E-state index is -0.677. The van der Waals surface area contributed by atoms with E-state index in [1.165, 1.54) is 19.3 Å². The lowest BCUT2D eigenvalue weighted by Gasteiger charge is -2.35. The number of carbonyl (C=O) groups excluding carboxylic acids is 1. The highest BCUT2D eigenvalue weighted by molar-refractivity contribution is 5.92. The van der Waals surface area contributed by atoms with Gasteiger partial charge in [-0.15, -0.1) is 0 Å². The van der Waals surface area contributed by atoms with Crippen molar-refractivity contribution in [1.29, 1.82) is 0 Å².